The molecule has 1 heterocycles. The lowest BCUT2D eigenvalue weighted by Gasteiger charge is -2.26. The summed E-state index contributed by atoms with van der Waals surface area (Å²) in [6.07, 6.45) is 4.53. The number of benzene rings is 1. The van der Waals surface area contributed by atoms with Gasteiger partial charge in [0.1, 0.15) is 11.3 Å². The second kappa shape index (κ2) is 6.99. The molecule has 1 aliphatic carbocycles. The van der Waals surface area contributed by atoms with Gasteiger partial charge in [-0.05, 0) is 50.7 Å². The number of carbonyl (C=O) groups is 1. The van der Waals surface area contributed by atoms with Gasteiger partial charge in [-0.1, -0.05) is 25.1 Å². The van der Waals surface area contributed by atoms with E-state index in [1.165, 1.54) is 12.8 Å². The van der Waals surface area contributed by atoms with Crippen LogP contribution >= 0.6 is 0 Å². The van der Waals surface area contributed by atoms with E-state index in [2.05, 4.69) is 17.2 Å². The Morgan fingerprint density at radius 3 is 2.78 bits per heavy atom. The van der Waals surface area contributed by atoms with Crippen molar-refractivity contribution in [2.24, 2.45) is 5.92 Å². The van der Waals surface area contributed by atoms with Gasteiger partial charge >= 0.3 is 0 Å². The molecule has 0 radical (unpaired) electrons. The van der Waals surface area contributed by atoms with Crippen LogP contribution in [0.15, 0.2) is 30.3 Å². The molecule has 0 bridgehead atoms. The second-order valence-electron chi connectivity index (χ2n) is 6.59. The minimum Gasteiger partial charge on any atom is -0.481 e. The smallest absolute Gasteiger partial charge is 0.258 e. The van der Waals surface area contributed by atoms with E-state index >= 15 is 0 Å². The van der Waals surface area contributed by atoms with E-state index in [9.17, 15) is 4.79 Å². The number of aromatic nitrogens is 1. The molecule has 2 aromatic rings. The topological polar surface area (TPSA) is 51.2 Å². The molecule has 0 unspecified atom stereocenters. The summed E-state index contributed by atoms with van der Waals surface area (Å²) in [5.74, 6) is 1.40. The van der Waals surface area contributed by atoms with Crippen LogP contribution in [0, 0.1) is 12.8 Å². The molecule has 122 valence electrons. The van der Waals surface area contributed by atoms with Gasteiger partial charge in [-0.15, -0.1) is 0 Å². The Balaban J connectivity index is 1.60. The molecule has 3 rings (SSSR count). The summed E-state index contributed by atoms with van der Waals surface area (Å²) in [5, 5.41) is 4.11. The molecular weight excluding hydrogens is 288 g/mol. The summed E-state index contributed by atoms with van der Waals surface area (Å²) < 4.78 is 5.72. The fraction of sp³-hybridized carbons (Fsp3) is 0.474. The highest BCUT2D eigenvalue weighted by Gasteiger charge is 2.19. The third-order valence-corrected chi connectivity index (χ3v) is 4.56. The average Bonchev–Trinajstić information content (AvgIpc) is 2.55. The third-order valence-electron chi connectivity index (χ3n) is 4.56. The molecule has 0 atom stereocenters. The van der Waals surface area contributed by atoms with E-state index in [4.69, 9.17) is 4.74 Å². The van der Waals surface area contributed by atoms with Crippen molar-refractivity contribution in [2.45, 2.75) is 45.6 Å². The number of hydrogen-bond donors (Lipinski definition) is 1. The molecule has 1 amide bonds. The summed E-state index contributed by atoms with van der Waals surface area (Å²) in [4.78, 5) is 16.6. The van der Waals surface area contributed by atoms with Crippen LogP contribution in [0.3, 0.4) is 0 Å². The van der Waals surface area contributed by atoms with Crippen molar-refractivity contribution in [1.82, 2.24) is 10.3 Å². The molecule has 1 N–H and O–H groups in total. The molecule has 1 aromatic heterocycles. The molecular formula is C19H24N2O2. The Kier molecular flexibility index (Phi) is 4.79. The predicted octanol–water partition coefficient (Wildman–Crippen LogP) is 3.62. The second-order valence-corrected chi connectivity index (χ2v) is 6.59. The van der Waals surface area contributed by atoms with Gasteiger partial charge < -0.3 is 10.1 Å². The van der Waals surface area contributed by atoms with Crippen molar-refractivity contribution in [1.29, 1.82) is 0 Å². The number of pyridine rings is 1. The van der Waals surface area contributed by atoms with Crippen molar-refractivity contribution in [3.63, 3.8) is 0 Å². The first kappa shape index (κ1) is 15.8. The monoisotopic (exact) mass is 312 g/mol. The van der Waals surface area contributed by atoms with Crippen LogP contribution in [0.5, 0.6) is 5.75 Å². The minimum absolute atomic E-state index is 0.0424. The van der Waals surface area contributed by atoms with Gasteiger partial charge in [0, 0.05) is 17.1 Å². The van der Waals surface area contributed by atoms with Gasteiger partial charge in [0.15, 0.2) is 6.61 Å². The highest BCUT2D eigenvalue weighted by atomic mass is 16.5. The van der Waals surface area contributed by atoms with Gasteiger partial charge in [0.2, 0.25) is 0 Å². The average molecular weight is 312 g/mol. The van der Waals surface area contributed by atoms with Crippen molar-refractivity contribution in [3.05, 3.63) is 36.0 Å². The maximum Gasteiger partial charge on any atom is 0.258 e. The summed E-state index contributed by atoms with van der Waals surface area (Å²) in [5.41, 5.74) is 1.75. The van der Waals surface area contributed by atoms with Gasteiger partial charge in [-0.3, -0.25) is 4.79 Å². The maximum absolute atomic E-state index is 12.1. The molecule has 0 aliphatic heterocycles. The Hall–Kier alpha value is -2.10. The van der Waals surface area contributed by atoms with Crippen LogP contribution in [0.25, 0.3) is 10.9 Å². The third kappa shape index (κ3) is 4.01. The summed E-state index contributed by atoms with van der Waals surface area (Å²) in [7, 11) is 0. The van der Waals surface area contributed by atoms with E-state index in [-0.39, 0.29) is 12.5 Å². The van der Waals surface area contributed by atoms with E-state index < -0.39 is 0 Å². The first-order chi connectivity index (χ1) is 11.1. The molecule has 1 saturated carbocycles. The lowest BCUT2D eigenvalue weighted by atomic mass is 9.87. The van der Waals surface area contributed by atoms with Crippen LogP contribution < -0.4 is 10.1 Å². The fourth-order valence-electron chi connectivity index (χ4n) is 3.15. The molecule has 4 nitrogen and oxygen atoms in total. The van der Waals surface area contributed by atoms with Crippen molar-refractivity contribution in [3.8, 4) is 5.75 Å². The number of nitrogens with one attached hydrogen (secondary N) is 1. The minimum atomic E-state index is -0.0470. The normalized spacial score (nSPS) is 21.1. The van der Waals surface area contributed by atoms with Gasteiger partial charge in [-0.25, -0.2) is 4.98 Å². The van der Waals surface area contributed by atoms with Crippen LogP contribution in [-0.4, -0.2) is 23.5 Å². The molecule has 1 aromatic carbocycles. The lowest BCUT2D eigenvalue weighted by Crippen LogP contribution is -2.39. The number of amides is 1. The number of para-hydroxylation sites is 1. The number of fused-ring (bicyclic) bond motifs is 1. The summed E-state index contributed by atoms with van der Waals surface area (Å²) >= 11 is 0. The van der Waals surface area contributed by atoms with E-state index in [1.807, 2.05) is 37.3 Å². The van der Waals surface area contributed by atoms with Gasteiger partial charge in [-0.2, -0.15) is 0 Å². The van der Waals surface area contributed by atoms with Crippen molar-refractivity contribution in [2.75, 3.05) is 6.61 Å². The van der Waals surface area contributed by atoms with Gasteiger partial charge in [0.25, 0.3) is 5.91 Å². The first-order valence-electron chi connectivity index (χ1n) is 8.40. The Morgan fingerprint density at radius 2 is 2.00 bits per heavy atom. The van der Waals surface area contributed by atoms with Crippen LogP contribution in [0.4, 0.5) is 0 Å². The first-order valence-corrected chi connectivity index (χ1v) is 8.40. The zero-order chi connectivity index (χ0) is 16.2. The number of aryl methyl sites for hydroxylation is 1. The Labute approximate surface area is 137 Å². The maximum atomic E-state index is 12.1. The van der Waals surface area contributed by atoms with E-state index in [1.54, 1.807) is 0 Å². The van der Waals surface area contributed by atoms with Crippen LogP contribution in [0.2, 0.25) is 0 Å². The zero-order valence-corrected chi connectivity index (χ0v) is 13.8. The Bertz CT molecular complexity index is 691. The molecule has 4 heteroatoms. The van der Waals surface area contributed by atoms with Crippen LogP contribution in [0.1, 0.15) is 38.3 Å². The highest BCUT2D eigenvalue weighted by Crippen LogP contribution is 2.25. The van der Waals surface area contributed by atoms with Gasteiger partial charge in [0.05, 0.1) is 0 Å². The molecule has 1 aliphatic rings. The van der Waals surface area contributed by atoms with Crippen LogP contribution in [-0.2, 0) is 4.79 Å². The van der Waals surface area contributed by atoms with E-state index in [0.717, 1.165) is 35.4 Å². The number of rotatable bonds is 4. The number of ether oxygens (including phenoxy) is 1. The van der Waals surface area contributed by atoms with E-state index in [0.29, 0.717) is 11.8 Å². The quantitative estimate of drug-likeness (QED) is 0.938. The lowest BCUT2D eigenvalue weighted by molar-refractivity contribution is -0.124. The Morgan fingerprint density at radius 1 is 1.22 bits per heavy atom. The number of carbonyl (C=O) groups excluding carboxylic acids is 1. The molecule has 0 saturated heterocycles. The molecule has 0 spiro atoms. The highest BCUT2D eigenvalue weighted by molar-refractivity contribution is 5.85. The number of nitrogens with zero attached hydrogens (tertiary/aromatic N) is 1. The summed E-state index contributed by atoms with van der Waals surface area (Å²) in [6, 6.07) is 10.1. The standard InChI is InChI=1S/C19H24N2O2/c1-13-6-10-16(11-7-13)21-18(22)12-23-17-5-3-4-15-9-8-14(2)20-19(15)17/h3-5,8-9,13,16H,6-7,10-12H2,1-2H3,(H,21,22). The van der Waals surface area contributed by atoms with Crippen molar-refractivity contribution >= 4 is 16.8 Å². The largest absolute Gasteiger partial charge is 0.481 e. The fourth-order valence-corrected chi connectivity index (χ4v) is 3.15. The molecule has 23 heavy (non-hydrogen) atoms. The SMILES string of the molecule is Cc1ccc2cccc(OCC(=O)NC3CCC(C)CC3)c2n1. The zero-order valence-electron chi connectivity index (χ0n) is 13.8. The molecule has 1 fully saturated rings. The van der Waals surface area contributed by atoms with Crippen molar-refractivity contribution < 1.29 is 9.53 Å². The number of hydrogen-bond acceptors (Lipinski definition) is 3. The predicted molar refractivity (Wildman–Crippen MR) is 91.5 cm³/mol. The summed E-state index contributed by atoms with van der Waals surface area (Å²) in [6.45, 7) is 4.27.